The molecular formula is C28H29NOS. The lowest BCUT2D eigenvalue weighted by molar-refractivity contribution is -0.125. The van der Waals surface area contributed by atoms with Gasteiger partial charge in [-0.15, -0.1) is 11.8 Å². The number of carbonyl (C=O) groups is 1. The van der Waals surface area contributed by atoms with E-state index in [2.05, 4.69) is 66.4 Å². The first-order chi connectivity index (χ1) is 15.3. The van der Waals surface area contributed by atoms with Crippen LogP contribution in [0.15, 0.2) is 95.9 Å². The molecule has 3 heteroatoms. The third-order valence-corrected chi connectivity index (χ3v) is 6.93. The molecule has 31 heavy (non-hydrogen) atoms. The Kier molecular flexibility index (Phi) is 7.26. The van der Waals surface area contributed by atoms with E-state index in [9.17, 15) is 4.79 Å². The minimum absolute atomic E-state index is 0.0869. The van der Waals surface area contributed by atoms with Crippen LogP contribution >= 0.6 is 11.8 Å². The van der Waals surface area contributed by atoms with Gasteiger partial charge in [0.05, 0.1) is 11.6 Å². The highest BCUT2D eigenvalue weighted by Gasteiger charge is 2.37. The molecule has 0 saturated heterocycles. The Bertz CT molecular complexity index is 1010. The van der Waals surface area contributed by atoms with Crippen molar-refractivity contribution >= 4 is 28.8 Å². The second-order valence-electron chi connectivity index (χ2n) is 7.92. The fourth-order valence-corrected chi connectivity index (χ4v) is 5.18. The standard InChI is InChI=1S/C28H29NOS/c1-22-26(23-14-6-2-7-15-23)27(24-16-8-3-9-17-24)28(30)29(22)20-12-5-13-21-31-25-18-10-4-11-19-25/h2-4,6-11,14-19,22H,5,12-13,20-21H2,1H3. The number of benzene rings is 3. The lowest BCUT2D eigenvalue weighted by atomic mass is 9.93. The first kappa shape index (κ1) is 21.5. The first-order valence-electron chi connectivity index (χ1n) is 11.1. The van der Waals surface area contributed by atoms with Crippen molar-refractivity contribution in [3.05, 3.63) is 102 Å². The van der Waals surface area contributed by atoms with Crippen LogP contribution in [0.4, 0.5) is 0 Å². The third-order valence-electron chi connectivity index (χ3n) is 5.83. The smallest absolute Gasteiger partial charge is 0.255 e. The van der Waals surface area contributed by atoms with Crippen LogP contribution in [0, 0.1) is 0 Å². The highest BCUT2D eigenvalue weighted by Crippen LogP contribution is 2.39. The molecular weight excluding hydrogens is 398 g/mol. The van der Waals surface area contributed by atoms with E-state index in [1.807, 2.05) is 48.2 Å². The molecule has 3 aromatic rings. The maximum absolute atomic E-state index is 13.5. The number of unbranched alkanes of at least 4 members (excludes halogenated alkanes) is 2. The maximum Gasteiger partial charge on any atom is 0.255 e. The lowest BCUT2D eigenvalue weighted by Crippen LogP contribution is -2.34. The van der Waals surface area contributed by atoms with Crippen molar-refractivity contribution in [3.8, 4) is 0 Å². The molecule has 0 bridgehead atoms. The monoisotopic (exact) mass is 427 g/mol. The molecule has 1 unspecified atom stereocenters. The third kappa shape index (κ3) is 5.11. The van der Waals surface area contributed by atoms with Gasteiger partial charge in [-0.3, -0.25) is 4.79 Å². The minimum atomic E-state index is 0.0869. The molecule has 0 fully saturated rings. The van der Waals surface area contributed by atoms with Crippen molar-refractivity contribution < 1.29 is 4.79 Å². The largest absolute Gasteiger partial charge is 0.332 e. The van der Waals surface area contributed by atoms with Gasteiger partial charge >= 0.3 is 0 Å². The van der Waals surface area contributed by atoms with Gasteiger partial charge in [-0.25, -0.2) is 0 Å². The number of rotatable bonds is 9. The normalized spacial score (nSPS) is 16.2. The summed E-state index contributed by atoms with van der Waals surface area (Å²) in [6, 6.07) is 31.1. The van der Waals surface area contributed by atoms with Gasteiger partial charge in [-0.1, -0.05) is 85.3 Å². The molecule has 3 aromatic carbocycles. The second kappa shape index (κ2) is 10.5. The number of hydrogen-bond acceptors (Lipinski definition) is 2. The zero-order chi connectivity index (χ0) is 21.5. The van der Waals surface area contributed by atoms with Crippen molar-refractivity contribution in [3.63, 3.8) is 0 Å². The molecule has 1 aliphatic rings. The molecule has 0 aliphatic carbocycles. The van der Waals surface area contributed by atoms with Gasteiger partial charge in [0, 0.05) is 11.4 Å². The molecule has 4 rings (SSSR count). The van der Waals surface area contributed by atoms with Gasteiger partial charge in [0.25, 0.3) is 5.91 Å². The van der Waals surface area contributed by atoms with Gasteiger partial charge in [0.15, 0.2) is 0 Å². The predicted molar refractivity (Wildman–Crippen MR) is 132 cm³/mol. The molecule has 2 nitrogen and oxygen atoms in total. The van der Waals surface area contributed by atoms with Crippen molar-refractivity contribution in [1.82, 2.24) is 4.90 Å². The molecule has 1 aliphatic heterocycles. The Morgan fingerprint density at radius 1 is 0.742 bits per heavy atom. The van der Waals surface area contributed by atoms with E-state index in [0.717, 1.165) is 47.4 Å². The highest BCUT2D eigenvalue weighted by atomic mass is 32.2. The zero-order valence-electron chi connectivity index (χ0n) is 18.0. The molecule has 158 valence electrons. The maximum atomic E-state index is 13.5. The number of carbonyl (C=O) groups excluding carboxylic acids is 1. The van der Waals surface area contributed by atoms with Gasteiger partial charge in [0.2, 0.25) is 0 Å². The molecule has 0 spiro atoms. The van der Waals surface area contributed by atoms with Crippen LogP contribution in [0.1, 0.15) is 37.3 Å². The summed E-state index contributed by atoms with van der Waals surface area (Å²) in [6.45, 7) is 2.98. The Morgan fingerprint density at radius 3 is 1.97 bits per heavy atom. The quantitative estimate of drug-likeness (QED) is 0.277. The second-order valence-corrected chi connectivity index (χ2v) is 9.09. The van der Waals surface area contributed by atoms with Gasteiger partial charge < -0.3 is 4.90 Å². The van der Waals surface area contributed by atoms with E-state index >= 15 is 0 Å². The summed E-state index contributed by atoms with van der Waals surface area (Å²) in [7, 11) is 0. The number of amides is 1. The fourth-order valence-electron chi connectivity index (χ4n) is 4.25. The summed E-state index contributed by atoms with van der Waals surface area (Å²) < 4.78 is 0. The van der Waals surface area contributed by atoms with Crippen molar-refractivity contribution in [2.45, 2.75) is 37.1 Å². The van der Waals surface area contributed by atoms with E-state index in [1.165, 1.54) is 11.3 Å². The minimum Gasteiger partial charge on any atom is -0.332 e. The predicted octanol–water partition coefficient (Wildman–Crippen LogP) is 6.79. The molecule has 0 aromatic heterocycles. The van der Waals surface area contributed by atoms with Crippen LogP contribution in [-0.4, -0.2) is 29.1 Å². The Balaban J connectivity index is 1.40. The highest BCUT2D eigenvalue weighted by molar-refractivity contribution is 7.99. The van der Waals surface area contributed by atoms with Crippen LogP contribution in [-0.2, 0) is 4.79 Å². The molecule has 0 radical (unpaired) electrons. The topological polar surface area (TPSA) is 20.3 Å². The fraction of sp³-hybridized carbons (Fsp3) is 0.250. The number of nitrogens with zero attached hydrogens (tertiary/aromatic N) is 1. The lowest BCUT2D eigenvalue weighted by Gasteiger charge is -2.24. The van der Waals surface area contributed by atoms with Crippen molar-refractivity contribution in [2.24, 2.45) is 0 Å². The van der Waals surface area contributed by atoms with E-state index < -0.39 is 0 Å². The summed E-state index contributed by atoms with van der Waals surface area (Å²) >= 11 is 1.91. The summed E-state index contributed by atoms with van der Waals surface area (Å²) in [5, 5.41) is 0. The Morgan fingerprint density at radius 2 is 1.32 bits per heavy atom. The summed E-state index contributed by atoms with van der Waals surface area (Å²) in [5.74, 6) is 1.28. The van der Waals surface area contributed by atoms with Crippen LogP contribution in [0.2, 0.25) is 0 Å². The Hall–Kier alpha value is -2.78. The van der Waals surface area contributed by atoms with E-state index in [0.29, 0.717) is 0 Å². The molecule has 1 amide bonds. The van der Waals surface area contributed by atoms with E-state index in [1.54, 1.807) is 0 Å². The van der Waals surface area contributed by atoms with Crippen LogP contribution in [0.5, 0.6) is 0 Å². The molecule has 0 N–H and O–H groups in total. The first-order valence-corrected chi connectivity index (χ1v) is 12.1. The SMILES string of the molecule is CC1C(c2ccccc2)=C(c2ccccc2)C(=O)N1CCCCCSc1ccccc1. The van der Waals surface area contributed by atoms with Gasteiger partial charge in [-0.05, 0) is 54.4 Å². The number of thioether (sulfide) groups is 1. The van der Waals surface area contributed by atoms with E-state index in [-0.39, 0.29) is 11.9 Å². The summed E-state index contributed by atoms with van der Waals surface area (Å²) in [5.41, 5.74) is 4.17. The van der Waals surface area contributed by atoms with E-state index in [4.69, 9.17) is 0 Å². The molecule has 0 saturated carbocycles. The van der Waals surface area contributed by atoms with Crippen molar-refractivity contribution in [2.75, 3.05) is 12.3 Å². The average Bonchev–Trinajstić information content (AvgIpc) is 3.07. The molecule has 1 heterocycles. The zero-order valence-corrected chi connectivity index (χ0v) is 18.9. The van der Waals surface area contributed by atoms with Crippen LogP contribution < -0.4 is 0 Å². The van der Waals surface area contributed by atoms with Gasteiger partial charge in [0.1, 0.15) is 0 Å². The molecule has 1 atom stereocenters. The number of hydrogen-bond donors (Lipinski definition) is 0. The van der Waals surface area contributed by atoms with Crippen LogP contribution in [0.25, 0.3) is 11.1 Å². The van der Waals surface area contributed by atoms with Gasteiger partial charge in [-0.2, -0.15) is 0 Å². The average molecular weight is 428 g/mol. The van der Waals surface area contributed by atoms with Crippen LogP contribution in [0.3, 0.4) is 0 Å². The Labute approximate surface area is 190 Å². The summed E-state index contributed by atoms with van der Waals surface area (Å²) in [4.78, 5) is 16.9. The summed E-state index contributed by atoms with van der Waals surface area (Å²) in [6.07, 6.45) is 3.34. The van der Waals surface area contributed by atoms with Crippen molar-refractivity contribution in [1.29, 1.82) is 0 Å².